The first kappa shape index (κ1) is 17.3. The Balaban J connectivity index is 2.13. The molecule has 0 amide bonds. The van der Waals surface area contributed by atoms with Gasteiger partial charge >= 0.3 is 150 Å². The van der Waals surface area contributed by atoms with E-state index in [1.807, 2.05) is 3.28 Å². The Morgan fingerprint density at radius 2 is 1.35 bits per heavy atom. The van der Waals surface area contributed by atoms with Gasteiger partial charge in [-0.2, -0.15) is 0 Å². The number of benzene rings is 2. The van der Waals surface area contributed by atoms with E-state index < -0.39 is 25.5 Å². The van der Waals surface area contributed by atoms with E-state index >= 15 is 0 Å². The van der Waals surface area contributed by atoms with Crippen LogP contribution in [0.15, 0.2) is 82.2 Å². The second-order valence-corrected chi connectivity index (χ2v) is 38.9. The van der Waals surface area contributed by atoms with E-state index in [4.69, 9.17) is 0 Å². The summed E-state index contributed by atoms with van der Waals surface area (Å²) in [5.41, 5.74) is 0. The van der Waals surface area contributed by atoms with Crippen molar-refractivity contribution in [3.63, 3.8) is 0 Å². The summed E-state index contributed by atoms with van der Waals surface area (Å²) < 4.78 is 1.84. The van der Waals surface area contributed by atoms with Crippen LogP contribution in [0.5, 0.6) is 0 Å². The fourth-order valence-electron chi connectivity index (χ4n) is 3.14. The third-order valence-corrected chi connectivity index (χ3v) is 47.0. The van der Waals surface area contributed by atoms with Crippen LogP contribution in [0.3, 0.4) is 0 Å². The molecule has 0 spiro atoms. The molecule has 117 valence electrons. The van der Waals surface area contributed by atoms with Crippen LogP contribution >= 0.6 is 5.21 Å². The number of hydrogen-bond donors (Lipinski definition) is 0. The molecule has 3 rings (SSSR count). The molecule has 2 aromatic carbocycles. The van der Waals surface area contributed by atoms with Crippen molar-refractivity contribution in [2.45, 2.75) is 26.1 Å². The monoisotopic (exact) mass is 413 g/mol. The summed E-state index contributed by atoms with van der Waals surface area (Å²) in [5.74, 6) is 0. The first-order valence-electron chi connectivity index (χ1n) is 8.21. The van der Waals surface area contributed by atoms with Gasteiger partial charge in [0.05, 0.1) is 0 Å². The van der Waals surface area contributed by atoms with Crippen LogP contribution in [0, 0.1) is 0 Å². The topological polar surface area (TPSA) is 0 Å². The summed E-state index contributed by atoms with van der Waals surface area (Å²) >= 11 is -1.76. The standard InChI is InChI=1S/C12H10P.C5H5.C3H9Si.Zr/c1-3-7-11(8-4-1)13-12-9-5-2-6-10-12;1-2-4-5-3-1;1-4(2)3;/h1-10H;1-3H,4H2;1-3H3;/q-1;;;+1. The van der Waals surface area contributed by atoms with Crippen LogP contribution in [-0.2, 0) is 20.3 Å². The molecule has 0 nitrogen and oxygen atoms in total. The van der Waals surface area contributed by atoms with Gasteiger partial charge in [0.2, 0.25) is 0 Å². The zero-order chi connectivity index (χ0) is 16.3. The summed E-state index contributed by atoms with van der Waals surface area (Å²) in [6.45, 7) is 7.84. The molecule has 23 heavy (non-hydrogen) atoms. The fourth-order valence-corrected chi connectivity index (χ4v) is 47.0. The van der Waals surface area contributed by atoms with Gasteiger partial charge in [-0.15, -0.1) is 0 Å². The maximum atomic E-state index is 2.61. The van der Waals surface area contributed by atoms with Gasteiger partial charge in [-0.05, 0) is 0 Å². The Morgan fingerprint density at radius 1 is 0.826 bits per heavy atom. The fraction of sp³-hybridized carbons (Fsp3) is 0.200. The molecule has 0 unspecified atom stereocenters. The van der Waals surface area contributed by atoms with E-state index in [0.717, 1.165) is 0 Å². The first-order chi connectivity index (χ1) is 11.1. The Kier molecular flexibility index (Phi) is 5.68. The summed E-state index contributed by atoms with van der Waals surface area (Å²) in [6.07, 6.45) is 8.34. The minimum atomic E-state index is -1.76. The van der Waals surface area contributed by atoms with Crippen molar-refractivity contribution in [1.82, 2.24) is 0 Å². The molecule has 0 heterocycles. The average molecular weight is 415 g/mol. The summed E-state index contributed by atoms with van der Waals surface area (Å²) in [4.78, 5) is 0. The number of allylic oxidation sites excluding steroid dienone is 4. The Hall–Kier alpha value is -0.550. The second kappa shape index (κ2) is 7.56. The maximum absolute atomic E-state index is 2.61. The third-order valence-electron chi connectivity index (χ3n) is 4.04. The van der Waals surface area contributed by atoms with Crippen molar-refractivity contribution in [3.05, 3.63) is 82.2 Å². The Morgan fingerprint density at radius 3 is 1.74 bits per heavy atom. The van der Waals surface area contributed by atoms with E-state index in [1.54, 1.807) is 10.6 Å². The predicted octanol–water partition coefficient (Wildman–Crippen LogP) is 5.33. The van der Waals surface area contributed by atoms with Crippen molar-refractivity contribution in [2.24, 2.45) is 0 Å². The molecular formula is C20H24PSiZr. The van der Waals surface area contributed by atoms with E-state index in [1.165, 1.54) is 6.42 Å². The first-order valence-corrected chi connectivity index (χ1v) is 21.3. The van der Waals surface area contributed by atoms with Gasteiger partial charge in [0.25, 0.3) is 0 Å². The van der Waals surface area contributed by atoms with Gasteiger partial charge in [0, 0.05) is 0 Å². The molecule has 0 atom stereocenters. The third kappa shape index (κ3) is 4.11. The SMILES string of the molecule is C[Si](C)(C)[Zr]([C]1=CC=CC1)[P](c1ccccc1)c1ccccc1. The molecule has 3 heteroatoms. The molecule has 2 aromatic rings. The molecule has 0 saturated carbocycles. The summed E-state index contributed by atoms with van der Waals surface area (Å²) in [6, 6.07) is 22.7. The normalized spacial score (nSPS) is 14.2. The summed E-state index contributed by atoms with van der Waals surface area (Å²) in [5, 5.41) is 1.86. The van der Waals surface area contributed by atoms with E-state index in [9.17, 15) is 0 Å². The second-order valence-electron chi connectivity index (χ2n) is 6.93. The van der Waals surface area contributed by atoms with Crippen LogP contribution in [-0.4, -0.2) is 5.20 Å². The molecule has 0 saturated heterocycles. The van der Waals surface area contributed by atoms with Crippen LogP contribution in [0.4, 0.5) is 0 Å². The quantitative estimate of drug-likeness (QED) is 0.458. The van der Waals surface area contributed by atoms with Gasteiger partial charge in [-0.1, -0.05) is 0 Å². The van der Waals surface area contributed by atoms with Crippen molar-refractivity contribution in [3.8, 4) is 0 Å². The molecule has 0 bridgehead atoms. The Bertz CT molecular complexity index is 662. The van der Waals surface area contributed by atoms with Gasteiger partial charge in [-0.3, -0.25) is 0 Å². The van der Waals surface area contributed by atoms with Crippen molar-refractivity contribution in [1.29, 1.82) is 0 Å². The van der Waals surface area contributed by atoms with Crippen LogP contribution in [0.25, 0.3) is 0 Å². The molecule has 0 fully saturated rings. The van der Waals surface area contributed by atoms with Crippen molar-refractivity contribution < 1.29 is 20.3 Å². The Labute approximate surface area is 149 Å². The predicted molar refractivity (Wildman–Crippen MR) is 104 cm³/mol. The zero-order valence-electron chi connectivity index (χ0n) is 14.2. The molecule has 0 aliphatic heterocycles. The molecule has 0 radical (unpaired) electrons. The van der Waals surface area contributed by atoms with Gasteiger partial charge in [0.15, 0.2) is 0 Å². The summed E-state index contributed by atoms with van der Waals surface area (Å²) in [7, 11) is 0. The van der Waals surface area contributed by atoms with Crippen molar-refractivity contribution >= 4 is 21.0 Å². The molecule has 1 aliphatic carbocycles. The number of rotatable bonds is 5. The molecule has 0 N–H and O–H groups in total. The van der Waals surface area contributed by atoms with E-state index in [0.29, 0.717) is 0 Å². The number of hydrogen-bond acceptors (Lipinski definition) is 0. The molecular weight excluding hydrogens is 391 g/mol. The van der Waals surface area contributed by atoms with Crippen molar-refractivity contribution in [2.75, 3.05) is 0 Å². The van der Waals surface area contributed by atoms with E-state index in [2.05, 4.69) is 98.5 Å². The van der Waals surface area contributed by atoms with Crippen LogP contribution in [0.1, 0.15) is 6.42 Å². The molecule has 1 aliphatic rings. The zero-order valence-corrected chi connectivity index (χ0v) is 18.5. The van der Waals surface area contributed by atoms with Crippen LogP contribution < -0.4 is 10.6 Å². The van der Waals surface area contributed by atoms with Gasteiger partial charge in [-0.25, -0.2) is 0 Å². The average Bonchev–Trinajstić information content (AvgIpc) is 3.06. The van der Waals surface area contributed by atoms with Gasteiger partial charge < -0.3 is 0 Å². The van der Waals surface area contributed by atoms with Gasteiger partial charge in [0.1, 0.15) is 0 Å². The van der Waals surface area contributed by atoms with Crippen LogP contribution in [0.2, 0.25) is 19.6 Å². The minimum absolute atomic E-state index is 0.163. The van der Waals surface area contributed by atoms with E-state index in [-0.39, 0.29) is 5.21 Å². The molecule has 0 aromatic heterocycles.